The van der Waals surface area contributed by atoms with E-state index in [-0.39, 0.29) is 0 Å². The van der Waals surface area contributed by atoms with E-state index < -0.39 is 0 Å². The molecule has 1 aromatic heterocycles. The Bertz CT molecular complexity index is 568. The summed E-state index contributed by atoms with van der Waals surface area (Å²) in [4.78, 5) is 4.87. The highest BCUT2D eigenvalue weighted by Crippen LogP contribution is 2.30. The largest absolute Gasteiger partial charge is 0.309 e. The fourth-order valence-corrected chi connectivity index (χ4v) is 3.07. The van der Waals surface area contributed by atoms with Gasteiger partial charge in [-0.05, 0) is 46.9 Å². The number of rotatable bonds is 6. The van der Waals surface area contributed by atoms with Gasteiger partial charge in [0, 0.05) is 9.86 Å². The van der Waals surface area contributed by atoms with Crippen molar-refractivity contribution >= 4 is 26.8 Å². The summed E-state index contributed by atoms with van der Waals surface area (Å²) in [6.45, 7) is 7.66. The van der Waals surface area contributed by atoms with Crippen molar-refractivity contribution in [1.82, 2.24) is 10.3 Å². The second kappa shape index (κ2) is 7.19. The number of halogens is 1. The van der Waals surface area contributed by atoms with Gasteiger partial charge in [0.25, 0.3) is 0 Å². The van der Waals surface area contributed by atoms with Crippen molar-refractivity contribution in [3.8, 4) is 0 Å². The lowest BCUT2D eigenvalue weighted by Crippen LogP contribution is -2.24. The zero-order valence-corrected chi connectivity index (χ0v) is 14.1. The molecule has 1 heterocycles. The average Bonchev–Trinajstić information content (AvgIpc) is 2.46. The molecular formula is C17H23BrN2. The van der Waals surface area contributed by atoms with Crippen LogP contribution in [0.2, 0.25) is 0 Å². The molecule has 0 bridgehead atoms. The van der Waals surface area contributed by atoms with Gasteiger partial charge < -0.3 is 5.32 Å². The van der Waals surface area contributed by atoms with Crippen molar-refractivity contribution in [2.45, 2.75) is 39.7 Å². The molecule has 0 aliphatic carbocycles. The monoisotopic (exact) mass is 334 g/mol. The van der Waals surface area contributed by atoms with Crippen LogP contribution in [-0.4, -0.2) is 11.5 Å². The van der Waals surface area contributed by atoms with Gasteiger partial charge in [0.2, 0.25) is 0 Å². The van der Waals surface area contributed by atoms with Crippen molar-refractivity contribution in [2.24, 2.45) is 5.92 Å². The number of aromatic nitrogens is 1. The first-order chi connectivity index (χ1) is 9.65. The van der Waals surface area contributed by atoms with E-state index in [0.29, 0.717) is 12.0 Å². The van der Waals surface area contributed by atoms with Gasteiger partial charge in [0.05, 0.1) is 17.3 Å². The van der Waals surface area contributed by atoms with Crippen LogP contribution in [0.3, 0.4) is 0 Å². The van der Waals surface area contributed by atoms with Crippen LogP contribution < -0.4 is 5.32 Å². The number of nitrogens with one attached hydrogen (secondary N) is 1. The fourth-order valence-electron chi connectivity index (χ4n) is 2.46. The Hall–Kier alpha value is -0.930. The number of pyridine rings is 1. The molecule has 2 nitrogen and oxygen atoms in total. The maximum Gasteiger partial charge on any atom is 0.0722 e. The van der Waals surface area contributed by atoms with E-state index >= 15 is 0 Å². The summed E-state index contributed by atoms with van der Waals surface area (Å²) in [5.41, 5.74) is 2.20. The second-order valence-corrected chi connectivity index (χ2v) is 6.26. The highest BCUT2D eigenvalue weighted by molar-refractivity contribution is 9.10. The third-order valence-electron chi connectivity index (χ3n) is 3.82. The van der Waals surface area contributed by atoms with Gasteiger partial charge in [-0.2, -0.15) is 0 Å². The zero-order valence-electron chi connectivity index (χ0n) is 12.5. The quantitative estimate of drug-likeness (QED) is 0.796. The van der Waals surface area contributed by atoms with Crippen molar-refractivity contribution < 1.29 is 0 Å². The predicted molar refractivity (Wildman–Crippen MR) is 89.9 cm³/mol. The highest BCUT2D eigenvalue weighted by atomic mass is 79.9. The lowest BCUT2D eigenvalue weighted by molar-refractivity contribution is 0.402. The molecule has 2 aromatic rings. The molecule has 0 amide bonds. The Balaban J connectivity index is 2.38. The topological polar surface area (TPSA) is 24.9 Å². The van der Waals surface area contributed by atoms with Gasteiger partial charge in [-0.15, -0.1) is 0 Å². The second-order valence-electron chi connectivity index (χ2n) is 5.41. The summed E-state index contributed by atoms with van der Waals surface area (Å²) in [6.07, 6.45) is 2.32. The SMILES string of the molecule is CCNC(CC(C)CC)c1nc2ccccc2cc1Br. The summed E-state index contributed by atoms with van der Waals surface area (Å²) in [6, 6.07) is 10.8. The van der Waals surface area contributed by atoms with Crippen LogP contribution in [0.15, 0.2) is 34.8 Å². The molecule has 0 radical (unpaired) electrons. The third kappa shape index (κ3) is 3.58. The summed E-state index contributed by atoms with van der Waals surface area (Å²) in [5.74, 6) is 0.694. The summed E-state index contributed by atoms with van der Waals surface area (Å²) in [7, 11) is 0. The van der Waals surface area contributed by atoms with Crippen LogP contribution in [0.4, 0.5) is 0 Å². The van der Waals surface area contributed by atoms with E-state index in [2.05, 4.69) is 66.3 Å². The molecule has 0 saturated heterocycles. The molecular weight excluding hydrogens is 312 g/mol. The Kier molecular flexibility index (Phi) is 5.55. The molecule has 3 heteroatoms. The first kappa shape index (κ1) is 15.5. The van der Waals surface area contributed by atoms with Gasteiger partial charge in [-0.25, -0.2) is 4.98 Å². The maximum absolute atomic E-state index is 4.87. The minimum absolute atomic E-state index is 0.314. The molecule has 20 heavy (non-hydrogen) atoms. The van der Waals surface area contributed by atoms with E-state index in [1.54, 1.807) is 0 Å². The van der Waals surface area contributed by atoms with Gasteiger partial charge in [0.15, 0.2) is 0 Å². The van der Waals surface area contributed by atoms with Gasteiger partial charge in [0.1, 0.15) is 0 Å². The summed E-state index contributed by atoms with van der Waals surface area (Å²) < 4.78 is 1.10. The number of hydrogen-bond acceptors (Lipinski definition) is 2. The number of nitrogens with zero attached hydrogens (tertiary/aromatic N) is 1. The first-order valence-electron chi connectivity index (χ1n) is 7.44. The van der Waals surface area contributed by atoms with E-state index in [1.807, 2.05) is 6.07 Å². The Morgan fingerprint density at radius 2 is 2.00 bits per heavy atom. The van der Waals surface area contributed by atoms with Crippen LogP contribution >= 0.6 is 15.9 Å². The Morgan fingerprint density at radius 1 is 1.25 bits per heavy atom. The Labute approximate surface area is 130 Å². The summed E-state index contributed by atoms with van der Waals surface area (Å²) >= 11 is 3.70. The molecule has 2 rings (SSSR count). The van der Waals surface area contributed by atoms with Crippen molar-refractivity contribution in [3.63, 3.8) is 0 Å². The number of benzene rings is 1. The smallest absolute Gasteiger partial charge is 0.0722 e. The van der Waals surface area contributed by atoms with Gasteiger partial charge in [-0.3, -0.25) is 0 Å². The molecule has 0 fully saturated rings. The molecule has 0 saturated carbocycles. The molecule has 1 N–H and O–H groups in total. The zero-order chi connectivity index (χ0) is 14.5. The van der Waals surface area contributed by atoms with Gasteiger partial charge in [-0.1, -0.05) is 45.4 Å². The first-order valence-corrected chi connectivity index (χ1v) is 8.23. The number of fused-ring (bicyclic) bond motifs is 1. The van der Waals surface area contributed by atoms with Crippen LogP contribution in [0, 0.1) is 5.92 Å². The maximum atomic E-state index is 4.87. The van der Waals surface area contributed by atoms with E-state index in [9.17, 15) is 0 Å². The average molecular weight is 335 g/mol. The molecule has 0 spiro atoms. The molecule has 2 atom stereocenters. The van der Waals surface area contributed by atoms with Crippen molar-refractivity contribution in [1.29, 1.82) is 0 Å². The predicted octanol–water partition coefficient (Wildman–Crippen LogP) is 5.08. The number of hydrogen-bond donors (Lipinski definition) is 1. The lowest BCUT2D eigenvalue weighted by atomic mass is 9.96. The summed E-state index contributed by atoms with van der Waals surface area (Å²) in [5, 5.41) is 4.76. The van der Waals surface area contributed by atoms with E-state index in [0.717, 1.165) is 28.6 Å². The Morgan fingerprint density at radius 3 is 2.70 bits per heavy atom. The van der Waals surface area contributed by atoms with Crippen LogP contribution in [0.1, 0.15) is 45.3 Å². The van der Waals surface area contributed by atoms with E-state index in [4.69, 9.17) is 4.98 Å². The number of para-hydroxylation sites is 1. The van der Waals surface area contributed by atoms with Crippen LogP contribution in [0.25, 0.3) is 10.9 Å². The molecule has 1 aromatic carbocycles. The standard InChI is InChI=1S/C17H23BrN2/c1-4-12(3)10-16(19-5-2)17-14(18)11-13-8-6-7-9-15(13)20-17/h6-9,11-12,16,19H,4-5,10H2,1-3H3. The fraction of sp³-hybridized carbons (Fsp3) is 0.471. The highest BCUT2D eigenvalue weighted by Gasteiger charge is 2.18. The van der Waals surface area contributed by atoms with Gasteiger partial charge >= 0.3 is 0 Å². The van der Waals surface area contributed by atoms with Crippen molar-refractivity contribution in [3.05, 3.63) is 40.5 Å². The van der Waals surface area contributed by atoms with Crippen LogP contribution in [0.5, 0.6) is 0 Å². The minimum atomic E-state index is 0.314. The van der Waals surface area contributed by atoms with Crippen molar-refractivity contribution in [2.75, 3.05) is 6.54 Å². The normalized spacial score (nSPS) is 14.4. The van der Waals surface area contributed by atoms with Crippen LogP contribution in [-0.2, 0) is 0 Å². The lowest BCUT2D eigenvalue weighted by Gasteiger charge is -2.22. The third-order valence-corrected chi connectivity index (χ3v) is 4.46. The molecule has 2 unspecified atom stereocenters. The minimum Gasteiger partial charge on any atom is -0.309 e. The molecule has 0 aliphatic rings. The molecule has 108 valence electrons. The molecule has 0 aliphatic heterocycles. The van der Waals surface area contributed by atoms with E-state index in [1.165, 1.54) is 11.8 Å².